The molecule has 0 amide bonds. The van der Waals surface area contributed by atoms with Crippen LogP contribution in [0.5, 0.6) is 0 Å². The second-order valence-electron chi connectivity index (χ2n) is 5.23. The monoisotopic (exact) mass is 227 g/mol. The SMILES string of the molecule is CCNC(CCC1CC1)C(C)(CC)OCC. The van der Waals surface area contributed by atoms with Crippen molar-refractivity contribution in [3.63, 3.8) is 0 Å². The largest absolute Gasteiger partial charge is 0.374 e. The lowest BCUT2D eigenvalue weighted by Gasteiger charge is -2.37. The molecule has 1 aliphatic rings. The van der Waals surface area contributed by atoms with Gasteiger partial charge >= 0.3 is 0 Å². The van der Waals surface area contributed by atoms with Crippen LogP contribution in [0.2, 0.25) is 0 Å². The van der Waals surface area contributed by atoms with E-state index in [1.54, 1.807) is 0 Å². The van der Waals surface area contributed by atoms with Crippen molar-refractivity contribution >= 4 is 0 Å². The second-order valence-corrected chi connectivity index (χ2v) is 5.23. The lowest BCUT2D eigenvalue weighted by atomic mass is 9.89. The van der Waals surface area contributed by atoms with Crippen LogP contribution >= 0.6 is 0 Å². The number of rotatable bonds is 9. The molecule has 2 atom stereocenters. The molecule has 1 rings (SSSR count). The van der Waals surface area contributed by atoms with E-state index in [1.165, 1.54) is 25.7 Å². The van der Waals surface area contributed by atoms with Crippen LogP contribution in [0.15, 0.2) is 0 Å². The summed E-state index contributed by atoms with van der Waals surface area (Å²) in [5.41, 5.74) is 0.0135. The predicted octanol–water partition coefficient (Wildman–Crippen LogP) is 3.36. The summed E-state index contributed by atoms with van der Waals surface area (Å²) in [5, 5.41) is 3.62. The number of hydrogen-bond acceptors (Lipinski definition) is 2. The fraction of sp³-hybridized carbons (Fsp3) is 1.00. The minimum atomic E-state index is 0.0135. The Bertz CT molecular complexity index is 191. The van der Waals surface area contributed by atoms with Crippen LogP contribution < -0.4 is 5.32 Å². The number of likely N-dealkylation sites (N-methyl/N-ethyl adjacent to an activating group) is 1. The van der Waals surface area contributed by atoms with Gasteiger partial charge in [0.15, 0.2) is 0 Å². The Morgan fingerprint density at radius 3 is 2.44 bits per heavy atom. The standard InChI is InChI=1S/C14H29NO/c1-5-14(4,16-7-3)13(15-6-2)11-10-12-8-9-12/h12-13,15H,5-11H2,1-4H3. The summed E-state index contributed by atoms with van der Waals surface area (Å²) < 4.78 is 5.98. The maximum absolute atomic E-state index is 5.98. The molecule has 0 bridgehead atoms. The molecule has 1 saturated carbocycles. The molecule has 0 aromatic heterocycles. The molecule has 0 heterocycles. The molecule has 2 heteroatoms. The Hall–Kier alpha value is -0.0800. The molecule has 0 aromatic rings. The van der Waals surface area contributed by atoms with E-state index in [4.69, 9.17) is 4.74 Å². The first-order valence-corrected chi connectivity index (χ1v) is 7.03. The highest BCUT2D eigenvalue weighted by molar-refractivity contribution is 4.90. The first-order valence-electron chi connectivity index (χ1n) is 7.03. The fourth-order valence-corrected chi connectivity index (χ4v) is 2.46. The van der Waals surface area contributed by atoms with E-state index in [0.717, 1.165) is 25.5 Å². The van der Waals surface area contributed by atoms with Gasteiger partial charge in [0, 0.05) is 12.6 Å². The highest BCUT2D eigenvalue weighted by atomic mass is 16.5. The van der Waals surface area contributed by atoms with Crippen molar-refractivity contribution in [3.8, 4) is 0 Å². The third kappa shape index (κ3) is 4.06. The maximum atomic E-state index is 5.98. The van der Waals surface area contributed by atoms with Gasteiger partial charge in [-0.15, -0.1) is 0 Å². The second kappa shape index (κ2) is 6.61. The smallest absolute Gasteiger partial charge is 0.0803 e. The van der Waals surface area contributed by atoms with Crippen LogP contribution in [0.3, 0.4) is 0 Å². The average molecular weight is 227 g/mol. The van der Waals surface area contributed by atoms with Crippen LogP contribution in [0.25, 0.3) is 0 Å². The zero-order valence-corrected chi connectivity index (χ0v) is 11.5. The summed E-state index contributed by atoms with van der Waals surface area (Å²) in [7, 11) is 0. The maximum Gasteiger partial charge on any atom is 0.0803 e. The van der Waals surface area contributed by atoms with E-state index in [2.05, 4.69) is 33.0 Å². The fourth-order valence-electron chi connectivity index (χ4n) is 2.46. The first kappa shape index (κ1) is 14.0. The van der Waals surface area contributed by atoms with Gasteiger partial charge < -0.3 is 10.1 Å². The zero-order chi connectivity index (χ0) is 12.0. The number of ether oxygens (including phenoxy) is 1. The van der Waals surface area contributed by atoms with E-state index >= 15 is 0 Å². The molecule has 2 unspecified atom stereocenters. The van der Waals surface area contributed by atoms with E-state index in [-0.39, 0.29) is 5.60 Å². The van der Waals surface area contributed by atoms with Gasteiger partial charge in [0.1, 0.15) is 0 Å². The Balaban J connectivity index is 2.48. The Labute approximate surface area is 101 Å². The summed E-state index contributed by atoms with van der Waals surface area (Å²) in [6.45, 7) is 10.6. The van der Waals surface area contributed by atoms with Crippen molar-refractivity contribution in [2.45, 2.75) is 71.4 Å². The molecular formula is C14H29NO. The molecule has 0 radical (unpaired) electrons. The van der Waals surface area contributed by atoms with Crippen molar-refractivity contribution in [3.05, 3.63) is 0 Å². The third-order valence-electron chi connectivity index (χ3n) is 3.92. The van der Waals surface area contributed by atoms with Gasteiger partial charge in [0.05, 0.1) is 5.60 Å². The first-order chi connectivity index (χ1) is 7.66. The molecular weight excluding hydrogens is 198 g/mol. The van der Waals surface area contributed by atoms with E-state index in [0.29, 0.717) is 6.04 Å². The number of nitrogens with one attached hydrogen (secondary N) is 1. The van der Waals surface area contributed by atoms with Crippen molar-refractivity contribution in [1.82, 2.24) is 5.32 Å². The minimum Gasteiger partial charge on any atom is -0.374 e. The lowest BCUT2D eigenvalue weighted by molar-refractivity contribution is -0.0572. The summed E-state index contributed by atoms with van der Waals surface area (Å²) >= 11 is 0. The summed E-state index contributed by atoms with van der Waals surface area (Å²) in [5.74, 6) is 1.02. The Morgan fingerprint density at radius 1 is 1.31 bits per heavy atom. The van der Waals surface area contributed by atoms with E-state index in [9.17, 15) is 0 Å². The van der Waals surface area contributed by atoms with Gasteiger partial charge in [0.25, 0.3) is 0 Å². The highest BCUT2D eigenvalue weighted by Gasteiger charge is 2.34. The van der Waals surface area contributed by atoms with Crippen molar-refractivity contribution < 1.29 is 4.74 Å². The minimum absolute atomic E-state index is 0.0135. The molecule has 0 aromatic carbocycles. The third-order valence-corrected chi connectivity index (χ3v) is 3.92. The molecule has 0 aliphatic heterocycles. The topological polar surface area (TPSA) is 21.3 Å². The Morgan fingerprint density at radius 2 is 2.00 bits per heavy atom. The zero-order valence-electron chi connectivity index (χ0n) is 11.5. The highest BCUT2D eigenvalue weighted by Crippen LogP contribution is 2.35. The molecule has 1 fully saturated rings. The predicted molar refractivity (Wildman–Crippen MR) is 69.7 cm³/mol. The van der Waals surface area contributed by atoms with Crippen molar-refractivity contribution in [2.24, 2.45) is 5.92 Å². The van der Waals surface area contributed by atoms with Crippen molar-refractivity contribution in [2.75, 3.05) is 13.2 Å². The van der Waals surface area contributed by atoms with Gasteiger partial charge in [-0.2, -0.15) is 0 Å². The molecule has 1 aliphatic carbocycles. The molecule has 16 heavy (non-hydrogen) atoms. The van der Waals surface area contributed by atoms with E-state index in [1.807, 2.05) is 0 Å². The molecule has 2 nitrogen and oxygen atoms in total. The molecule has 0 saturated heterocycles. The van der Waals surface area contributed by atoms with Gasteiger partial charge in [-0.1, -0.05) is 26.7 Å². The number of hydrogen-bond donors (Lipinski definition) is 1. The van der Waals surface area contributed by atoms with Crippen molar-refractivity contribution in [1.29, 1.82) is 0 Å². The Kier molecular flexibility index (Phi) is 5.77. The van der Waals surface area contributed by atoms with Gasteiger partial charge in [-0.25, -0.2) is 0 Å². The van der Waals surface area contributed by atoms with E-state index < -0.39 is 0 Å². The lowest BCUT2D eigenvalue weighted by Crippen LogP contribution is -2.50. The van der Waals surface area contributed by atoms with Gasteiger partial charge in [0.2, 0.25) is 0 Å². The van der Waals surface area contributed by atoms with Gasteiger partial charge in [-0.3, -0.25) is 0 Å². The average Bonchev–Trinajstić information content (AvgIpc) is 3.08. The van der Waals surface area contributed by atoms with Gasteiger partial charge in [-0.05, 0) is 45.6 Å². The van der Waals surface area contributed by atoms with Crippen LogP contribution in [-0.4, -0.2) is 24.8 Å². The summed E-state index contributed by atoms with van der Waals surface area (Å²) in [6.07, 6.45) is 6.64. The van der Waals surface area contributed by atoms with Crippen LogP contribution in [0.4, 0.5) is 0 Å². The quantitative estimate of drug-likeness (QED) is 0.652. The normalized spacial score (nSPS) is 21.8. The van der Waals surface area contributed by atoms with Crippen LogP contribution in [0, 0.1) is 5.92 Å². The summed E-state index contributed by atoms with van der Waals surface area (Å²) in [6, 6.07) is 0.517. The van der Waals surface area contributed by atoms with Crippen LogP contribution in [0.1, 0.15) is 59.8 Å². The molecule has 96 valence electrons. The molecule has 0 spiro atoms. The van der Waals surface area contributed by atoms with Crippen LogP contribution in [-0.2, 0) is 4.74 Å². The molecule has 1 N–H and O–H groups in total. The summed E-state index contributed by atoms with van der Waals surface area (Å²) in [4.78, 5) is 0.